The molecule has 0 radical (unpaired) electrons. The summed E-state index contributed by atoms with van der Waals surface area (Å²) in [6.07, 6.45) is 15.6. The maximum Gasteiger partial charge on any atom is 0.0178 e. The zero-order valence-corrected chi connectivity index (χ0v) is 10.6. The van der Waals surface area contributed by atoms with Gasteiger partial charge in [0.2, 0.25) is 0 Å². The van der Waals surface area contributed by atoms with Crippen LogP contribution < -0.4 is 5.43 Å². The van der Waals surface area contributed by atoms with Crippen molar-refractivity contribution in [2.45, 2.75) is 39.5 Å². The van der Waals surface area contributed by atoms with Crippen LogP contribution in [-0.4, -0.2) is 18.1 Å². The Morgan fingerprint density at radius 1 is 1.25 bits per heavy atom. The van der Waals surface area contributed by atoms with Gasteiger partial charge >= 0.3 is 0 Å². The van der Waals surface area contributed by atoms with Crippen LogP contribution in [-0.2, 0) is 0 Å². The third-order valence-electron chi connectivity index (χ3n) is 2.81. The highest BCUT2D eigenvalue weighted by Gasteiger charge is 2.06. The number of nitrogens with one attached hydrogen (secondary N) is 1. The topological polar surface area (TPSA) is 15.3 Å². The third-order valence-corrected chi connectivity index (χ3v) is 2.81. The fraction of sp³-hybridized carbons (Fsp3) is 0.571. The molecular weight excluding hydrogens is 196 g/mol. The molecule has 0 aliphatic carbocycles. The summed E-state index contributed by atoms with van der Waals surface area (Å²) in [5, 5.41) is 2.29. The smallest absolute Gasteiger partial charge is 0.0178 e. The molecule has 1 saturated heterocycles. The molecule has 0 atom stereocenters. The fourth-order valence-electron chi connectivity index (χ4n) is 1.85. The minimum atomic E-state index is 1.08. The van der Waals surface area contributed by atoms with Gasteiger partial charge in [0.15, 0.2) is 0 Å². The first-order chi connectivity index (χ1) is 7.86. The Morgan fingerprint density at radius 2 is 2.00 bits per heavy atom. The van der Waals surface area contributed by atoms with Crippen LogP contribution in [0.2, 0.25) is 0 Å². The lowest BCUT2D eigenvalue weighted by Gasteiger charge is -2.25. The van der Waals surface area contributed by atoms with E-state index in [0.717, 1.165) is 6.42 Å². The van der Waals surface area contributed by atoms with Gasteiger partial charge in [0.05, 0.1) is 0 Å². The van der Waals surface area contributed by atoms with Crippen LogP contribution in [0.3, 0.4) is 0 Å². The summed E-state index contributed by atoms with van der Waals surface area (Å²) in [6, 6.07) is 0. The van der Waals surface area contributed by atoms with E-state index in [4.69, 9.17) is 0 Å². The van der Waals surface area contributed by atoms with Crippen LogP contribution in [0.1, 0.15) is 39.5 Å². The first-order valence-electron chi connectivity index (χ1n) is 6.36. The van der Waals surface area contributed by atoms with E-state index in [1.165, 1.54) is 37.9 Å². The summed E-state index contributed by atoms with van der Waals surface area (Å²) in [5.41, 5.74) is 4.69. The van der Waals surface area contributed by atoms with Gasteiger partial charge in [-0.15, -0.1) is 0 Å². The number of hydrazine groups is 1. The number of hydrogen-bond acceptors (Lipinski definition) is 2. The van der Waals surface area contributed by atoms with Crippen molar-refractivity contribution >= 4 is 0 Å². The summed E-state index contributed by atoms with van der Waals surface area (Å²) in [7, 11) is 0. The molecule has 0 spiro atoms. The third kappa shape index (κ3) is 5.17. The van der Waals surface area contributed by atoms with Gasteiger partial charge in [-0.25, -0.2) is 5.01 Å². The molecule has 1 aliphatic rings. The summed E-state index contributed by atoms with van der Waals surface area (Å²) < 4.78 is 0. The highest BCUT2D eigenvalue weighted by atomic mass is 15.5. The van der Waals surface area contributed by atoms with Gasteiger partial charge in [-0.3, -0.25) is 0 Å². The van der Waals surface area contributed by atoms with Gasteiger partial charge in [0.25, 0.3) is 0 Å². The van der Waals surface area contributed by atoms with Gasteiger partial charge in [-0.1, -0.05) is 31.6 Å². The quantitative estimate of drug-likeness (QED) is 0.714. The van der Waals surface area contributed by atoms with Gasteiger partial charge in [-0.05, 0) is 37.8 Å². The molecule has 1 aliphatic heterocycles. The second-order valence-electron chi connectivity index (χ2n) is 4.13. The van der Waals surface area contributed by atoms with Crippen molar-refractivity contribution in [2.75, 3.05) is 13.1 Å². The van der Waals surface area contributed by atoms with Crippen molar-refractivity contribution in [3.8, 4) is 0 Å². The predicted octanol–water partition coefficient (Wildman–Crippen LogP) is 3.40. The second-order valence-corrected chi connectivity index (χ2v) is 4.13. The molecule has 2 nitrogen and oxygen atoms in total. The maximum atomic E-state index is 3.33. The summed E-state index contributed by atoms with van der Waals surface area (Å²) >= 11 is 0. The molecule has 0 bridgehead atoms. The highest BCUT2D eigenvalue weighted by molar-refractivity contribution is 5.22. The normalized spacial score (nSPS) is 19.8. The molecule has 0 amide bonds. The first-order valence-corrected chi connectivity index (χ1v) is 6.36. The van der Waals surface area contributed by atoms with E-state index in [-0.39, 0.29) is 0 Å². The van der Waals surface area contributed by atoms with Crippen molar-refractivity contribution < 1.29 is 0 Å². The number of rotatable bonds is 5. The van der Waals surface area contributed by atoms with Gasteiger partial charge < -0.3 is 5.43 Å². The van der Waals surface area contributed by atoms with E-state index in [0.29, 0.717) is 0 Å². The molecular formula is C14H24N2. The molecule has 0 aromatic carbocycles. The van der Waals surface area contributed by atoms with Crippen molar-refractivity contribution in [2.24, 2.45) is 0 Å². The van der Waals surface area contributed by atoms with E-state index in [1.807, 2.05) is 6.20 Å². The largest absolute Gasteiger partial charge is 0.326 e. The molecule has 90 valence electrons. The van der Waals surface area contributed by atoms with Crippen LogP contribution in [0.5, 0.6) is 0 Å². The minimum Gasteiger partial charge on any atom is -0.326 e. The fourth-order valence-corrected chi connectivity index (χ4v) is 1.85. The first kappa shape index (κ1) is 13.0. The standard InChI is InChI=1S/C14H24N2/c1-3-9-14(4-2)10-8-11-15-16-12-6-5-7-13-16/h3,8-11,15H,4-7,12-13H2,1-2H3/b9-3-,11-8+,14-10-. The Kier molecular flexibility index (Phi) is 6.66. The number of hydrogen-bond donors (Lipinski definition) is 1. The van der Waals surface area contributed by atoms with E-state index in [1.54, 1.807) is 0 Å². The van der Waals surface area contributed by atoms with Crippen LogP contribution in [0.15, 0.2) is 36.1 Å². The molecule has 1 rings (SSSR count). The van der Waals surface area contributed by atoms with E-state index < -0.39 is 0 Å². The lowest BCUT2D eigenvalue weighted by molar-refractivity contribution is 0.183. The number of nitrogens with zero attached hydrogens (tertiary/aromatic N) is 1. The molecule has 1 N–H and O–H groups in total. The SMILES string of the molecule is C\C=C/C(=C\C=C\NN1CCCCC1)CC. The molecule has 1 heterocycles. The molecule has 0 aromatic heterocycles. The van der Waals surface area contributed by atoms with Crippen molar-refractivity contribution in [1.29, 1.82) is 0 Å². The average molecular weight is 220 g/mol. The Hall–Kier alpha value is -1.02. The Bertz CT molecular complexity index is 258. The number of allylic oxidation sites excluding steroid dienone is 5. The summed E-state index contributed by atoms with van der Waals surface area (Å²) in [5.74, 6) is 0. The number of piperidine rings is 1. The van der Waals surface area contributed by atoms with E-state index in [9.17, 15) is 0 Å². The van der Waals surface area contributed by atoms with Gasteiger partial charge in [0.1, 0.15) is 0 Å². The van der Waals surface area contributed by atoms with Crippen molar-refractivity contribution in [3.05, 3.63) is 36.1 Å². The van der Waals surface area contributed by atoms with Crippen LogP contribution in [0, 0.1) is 0 Å². The minimum absolute atomic E-state index is 1.08. The Balaban J connectivity index is 2.29. The summed E-state index contributed by atoms with van der Waals surface area (Å²) in [4.78, 5) is 0. The van der Waals surface area contributed by atoms with Crippen LogP contribution >= 0.6 is 0 Å². The highest BCUT2D eigenvalue weighted by Crippen LogP contribution is 2.06. The zero-order chi connectivity index (χ0) is 11.6. The molecule has 0 unspecified atom stereocenters. The maximum absolute atomic E-state index is 3.33. The van der Waals surface area contributed by atoms with Gasteiger partial charge in [0, 0.05) is 19.3 Å². The van der Waals surface area contributed by atoms with Crippen molar-refractivity contribution in [3.63, 3.8) is 0 Å². The molecule has 0 aromatic rings. The molecule has 16 heavy (non-hydrogen) atoms. The average Bonchev–Trinajstić information content (AvgIpc) is 2.34. The zero-order valence-electron chi connectivity index (χ0n) is 10.6. The van der Waals surface area contributed by atoms with Crippen molar-refractivity contribution in [1.82, 2.24) is 10.4 Å². The van der Waals surface area contributed by atoms with Crippen LogP contribution in [0.25, 0.3) is 0 Å². The Morgan fingerprint density at radius 3 is 2.62 bits per heavy atom. The monoisotopic (exact) mass is 220 g/mol. The summed E-state index contributed by atoms with van der Waals surface area (Å²) in [6.45, 7) is 6.57. The Labute approximate surface area is 99.7 Å². The van der Waals surface area contributed by atoms with Gasteiger partial charge in [-0.2, -0.15) is 0 Å². The van der Waals surface area contributed by atoms with E-state index in [2.05, 4.69) is 48.6 Å². The lowest BCUT2D eigenvalue weighted by Crippen LogP contribution is -2.38. The lowest BCUT2D eigenvalue weighted by atomic mass is 10.2. The predicted molar refractivity (Wildman–Crippen MR) is 70.9 cm³/mol. The van der Waals surface area contributed by atoms with Crippen LogP contribution in [0.4, 0.5) is 0 Å². The van der Waals surface area contributed by atoms with E-state index >= 15 is 0 Å². The molecule has 0 saturated carbocycles. The molecule has 2 heteroatoms. The second kappa shape index (κ2) is 8.17. The molecule has 1 fully saturated rings.